The first kappa shape index (κ1) is 17.8. The topological polar surface area (TPSA) is 12.0 Å². The maximum Gasteiger partial charge on any atom is 0.0452 e. The summed E-state index contributed by atoms with van der Waals surface area (Å²) < 4.78 is 0. The summed E-state index contributed by atoms with van der Waals surface area (Å²) in [7, 11) is 0. The average molecular weight is 316 g/mol. The number of aryl methyl sites for hydroxylation is 1. The highest BCUT2D eigenvalue weighted by atomic mass is 35.5. The first-order chi connectivity index (χ1) is 9.34. The Morgan fingerprint density at radius 1 is 1.20 bits per heavy atom. The second kappa shape index (κ2) is 8.26. The molecule has 0 aliphatic carbocycles. The number of hydrogen-bond donors (Lipinski definition) is 1. The number of halogens is 2. The van der Waals surface area contributed by atoms with Crippen LogP contribution in [0.3, 0.4) is 0 Å². The monoisotopic (exact) mass is 315 g/mol. The summed E-state index contributed by atoms with van der Waals surface area (Å²) in [6, 6.07) is 6.33. The third kappa shape index (κ3) is 6.03. The molecule has 114 valence electrons. The van der Waals surface area contributed by atoms with Gasteiger partial charge in [0, 0.05) is 16.1 Å². The summed E-state index contributed by atoms with van der Waals surface area (Å²) in [5.74, 6) is 0. The van der Waals surface area contributed by atoms with E-state index in [1.807, 2.05) is 18.2 Å². The van der Waals surface area contributed by atoms with E-state index in [-0.39, 0.29) is 0 Å². The van der Waals surface area contributed by atoms with Gasteiger partial charge in [-0.25, -0.2) is 0 Å². The fourth-order valence-electron chi connectivity index (χ4n) is 2.38. The molecular formula is C17H27Cl2N. The fourth-order valence-corrected chi connectivity index (χ4v) is 2.88. The van der Waals surface area contributed by atoms with Crippen LogP contribution < -0.4 is 5.32 Å². The predicted octanol–water partition coefficient (Wildman–Crippen LogP) is 5.73. The van der Waals surface area contributed by atoms with Crippen LogP contribution in [0.5, 0.6) is 0 Å². The smallest absolute Gasteiger partial charge is 0.0452 e. The Kier molecular flexibility index (Phi) is 7.36. The molecular weight excluding hydrogens is 289 g/mol. The van der Waals surface area contributed by atoms with Crippen molar-refractivity contribution in [2.24, 2.45) is 5.41 Å². The lowest BCUT2D eigenvalue weighted by molar-refractivity contribution is 0.251. The van der Waals surface area contributed by atoms with E-state index in [2.05, 4.69) is 33.0 Å². The molecule has 0 bridgehead atoms. The molecule has 0 heterocycles. The molecule has 0 fully saturated rings. The third-order valence-electron chi connectivity index (χ3n) is 3.64. The highest BCUT2D eigenvalue weighted by Crippen LogP contribution is 2.26. The zero-order valence-corrected chi connectivity index (χ0v) is 14.6. The van der Waals surface area contributed by atoms with Gasteiger partial charge in [0.05, 0.1) is 0 Å². The van der Waals surface area contributed by atoms with Crippen molar-refractivity contribution in [1.82, 2.24) is 5.32 Å². The van der Waals surface area contributed by atoms with Crippen LogP contribution in [0, 0.1) is 5.41 Å². The van der Waals surface area contributed by atoms with Gasteiger partial charge in [-0.2, -0.15) is 0 Å². The minimum atomic E-state index is 0.291. The average Bonchev–Trinajstić information content (AvgIpc) is 2.34. The molecule has 1 rings (SSSR count). The molecule has 1 N–H and O–H groups in total. The zero-order valence-electron chi connectivity index (χ0n) is 13.1. The molecule has 0 aliphatic rings. The largest absolute Gasteiger partial charge is 0.313 e. The lowest BCUT2D eigenvalue weighted by Crippen LogP contribution is -2.40. The van der Waals surface area contributed by atoms with Crippen LogP contribution in [0.1, 0.15) is 52.5 Å². The van der Waals surface area contributed by atoms with Gasteiger partial charge in [0.2, 0.25) is 0 Å². The van der Waals surface area contributed by atoms with Crippen LogP contribution in [0.25, 0.3) is 0 Å². The molecule has 0 radical (unpaired) electrons. The summed E-state index contributed by atoms with van der Waals surface area (Å²) in [6.07, 6.45) is 4.49. The van der Waals surface area contributed by atoms with E-state index in [1.54, 1.807) is 0 Å². The molecule has 0 amide bonds. The summed E-state index contributed by atoms with van der Waals surface area (Å²) >= 11 is 12.1. The summed E-state index contributed by atoms with van der Waals surface area (Å²) in [6.45, 7) is 10.2. The van der Waals surface area contributed by atoms with Crippen molar-refractivity contribution >= 4 is 23.2 Å². The molecule has 0 saturated heterocycles. The number of benzene rings is 1. The van der Waals surface area contributed by atoms with Gasteiger partial charge in [-0.05, 0) is 55.3 Å². The van der Waals surface area contributed by atoms with Crippen molar-refractivity contribution in [3.63, 3.8) is 0 Å². The van der Waals surface area contributed by atoms with Crippen LogP contribution in [0.2, 0.25) is 10.0 Å². The molecule has 1 aromatic carbocycles. The molecule has 20 heavy (non-hydrogen) atoms. The minimum Gasteiger partial charge on any atom is -0.313 e. The lowest BCUT2D eigenvalue weighted by Gasteiger charge is -2.32. The Bertz CT molecular complexity index is 410. The maximum atomic E-state index is 6.22. The number of nitrogens with one attached hydrogen (secondary N) is 1. The predicted molar refractivity (Wildman–Crippen MR) is 90.9 cm³/mol. The van der Waals surface area contributed by atoms with E-state index < -0.39 is 0 Å². The Morgan fingerprint density at radius 2 is 1.90 bits per heavy atom. The normalized spacial score (nSPS) is 13.5. The molecule has 1 aromatic rings. The number of hydrogen-bond acceptors (Lipinski definition) is 1. The molecule has 0 aliphatic heterocycles. The SMILES string of the molecule is CCCNC(CCCc1ccc(Cl)cc1Cl)C(C)(C)C. The van der Waals surface area contributed by atoms with Gasteiger partial charge in [-0.3, -0.25) is 0 Å². The van der Waals surface area contributed by atoms with Crippen molar-refractivity contribution in [1.29, 1.82) is 0 Å². The second-order valence-electron chi connectivity index (χ2n) is 6.50. The van der Waals surface area contributed by atoms with Gasteiger partial charge in [0.15, 0.2) is 0 Å². The Morgan fingerprint density at radius 3 is 2.45 bits per heavy atom. The molecule has 0 aromatic heterocycles. The third-order valence-corrected chi connectivity index (χ3v) is 4.23. The van der Waals surface area contributed by atoms with Crippen LogP contribution >= 0.6 is 23.2 Å². The van der Waals surface area contributed by atoms with Crippen LogP contribution in [0.4, 0.5) is 0 Å². The highest BCUT2D eigenvalue weighted by Gasteiger charge is 2.23. The quantitative estimate of drug-likeness (QED) is 0.677. The lowest BCUT2D eigenvalue weighted by atomic mass is 9.83. The van der Waals surface area contributed by atoms with Gasteiger partial charge < -0.3 is 5.32 Å². The van der Waals surface area contributed by atoms with Gasteiger partial charge in [-0.15, -0.1) is 0 Å². The van der Waals surface area contributed by atoms with Gasteiger partial charge >= 0.3 is 0 Å². The fraction of sp³-hybridized carbons (Fsp3) is 0.647. The standard InChI is InChI=1S/C17H27Cl2N/c1-5-11-20-16(17(2,3)4)8-6-7-13-9-10-14(18)12-15(13)19/h9-10,12,16,20H,5-8,11H2,1-4H3. The van der Waals surface area contributed by atoms with E-state index in [0.717, 1.165) is 24.4 Å². The Hall–Kier alpha value is -0.240. The molecule has 1 unspecified atom stereocenters. The first-order valence-electron chi connectivity index (χ1n) is 7.52. The minimum absolute atomic E-state index is 0.291. The number of rotatable bonds is 7. The molecule has 0 spiro atoms. The first-order valence-corrected chi connectivity index (χ1v) is 8.27. The summed E-state index contributed by atoms with van der Waals surface area (Å²) in [5, 5.41) is 5.15. The second-order valence-corrected chi connectivity index (χ2v) is 7.34. The van der Waals surface area contributed by atoms with Gasteiger partial charge in [0.1, 0.15) is 0 Å². The molecule has 1 nitrogen and oxygen atoms in total. The Labute approximate surface area is 134 Å². The van der Waals surface area contributed by atoms with E-state index >= 15 is 0 Å². The van der Waals surface area contributed by atoms with Crippen molar-refractivity contribution in [3.8, 4) is 0 Å². The maximum absolute atomic E-state index is 6.22. The van der Waals surface area contributed by atoms with E-state index in [1.165, 1.54) is 18.4 Å². The highest BCUT2D eigenvalue weighted by molar-refractivity contribution is 6.35. The van der Waals surface area contributed by atoms with Crippen molar-refractivity contribution in [3.05, 3.63) is 33.8 Å². The van der Waals surface area contributed by atoms with E-state index in [0.29, 0.717) is 16.5 Å². The van der Waals surface area contributed by atoms with Crippen LogP contribution in [-0.2, 0) is 6.42 Å². The van der Waals surface area contributed by atoms with Crippen molar-refractivity contribution in [2.45, 2.75) is 59.4 Å². The van der Waals surface area contributed by atoms with E-state index in [9.17, 15) is 0 Å². The van der Waals surface area contributed by atoms with Gasteiger partial charge in [-0.1, -0.05) is 57.0 Å². The molecule has 1 atom stereocenters. The summed E-state index contributed by atoms with van der Waals surface area (Å²) in [4.78, 5) is 0. The van der Waals surface area contributed by atoms with Crippen molar-refractivity contribution in [2.75, 3.05) is 6.54 Å². The van der Waals surface area contributed by atoms with E-state index in [4.69, 9.17) is 23.2 Å². The Balaban J connectivity index is 2.51. The summed E-state index contributed by atoms with van der Waals surface area (Å²) in [5.41, 5.74) is 1.48. The molecule has 0 saturated carbocycles. The zero-order chi connectivity index (χ0) is 15.2. The van der Waals surface area contributed by atoms with Gasteiger partial charge in [0.25, 0.3) is 0 Å². The van der Waals surface area contributed by atoms with Crippen molar-refractivity contribution < 1.29 is 0 Å². The van der Waals surface area contributed by atoms with Crippen LogP contribution in [-0.4, -0.2) is 12.6 Å². The molecule has 3 heteroatoms. The van der Waals surface area contributed by atoms with Crippen LogP contribution in [0.15, 0.2) is 18.2 Å².